The van der Waals surface area contributed by atoms with Gasteiger partial charge in [0.25, 0.3) is 0 Å². The Labute approximate surface area is 124 Å². The van der Waals surface area contributed by atoms with Gasteiger partial charge in [0.1, 0.15) is 0 Å². The molecule has 0 aliphatic carbocycles. The highest BCUT2D eigenvalue weighted by Gasteiger charge is 2.22. The molecule has 1 saturated heterocycles. The first-order valence-corrected chi connectivity index (χ1v) is 7.16. The van der Waals surface area contributed by atoms with Crippen LogP contribution in [-0.2, 0) is 11.3 Å². The number of amides is 1. The molecule has 0 spiro atoms. The Kier molecular flexibility index (Phi) is 5.09. The van der Waals surface area contributed by atoms with Gasteiger partial charge in [-0.05, 0) is 24.6 Å². The topological polar surface area (TPSA) is 58.8 Å². The standard InChI is InChI=1S/C14H20ClN3O2/c1-2-20-14(19)18-7-5-17(6-8-18)10-11-3-4-12(15)9-13(11)16/h3-4,9H,2,5-8,10,16H2,1H3. The van der Waals surface area contributed by atoms with Crippen LogP contribution in [-0.4, -0.2) is 48.7 Å². The van der Waals surface area contributed by atoms with Gasteiger partial charge in [-0.3, -0.25) is 4.90 Å². The molecular formula is C14H20ClN3O2. The van der Waals surface area contributed by atoms with Crippen molar-refractivity contribution < 1.29 is 9.53 Å². The summed E-state index contributed by atoms with van der Waals surface area (Å²) >= 11 is 5.89. The van der Waals surface area contributed by atoms with Gasteiger partial charge in [-0.25, -0.2) is 4.79 Å². The van der Waals surface area contributed by atoms with E-state index >= 15 is 0 Å². The number of hydrogen-bond donors (Lipinski definition) is 1. The second-order valence-electron chi connectivity index (χ2n) is 4.81. The molecule has 0 unspecified atom stereocenters. The van der Waals surface area contributed by atoms with Crippen LogP contribution in [0.15, 0.2) is 18.2 Å². The van der Waals surface area contributed by atoms with E-state index in [2.05, 4.69) is 4.90 Å². The van der Waals surface area contributed by atoms with Crippen LogP contribution in [0.1, 0.15) is 12.5 Å². The third-order valence-electron chi connectivity index (χ3n) is 3.40. The van der Waals surface area contributed by atoms with Crippen LogP contribution in [0.3, 0.4) is 0 Å². The molecular weight excluding hydrogens is 278 g/mol. The fourth-order valence-electron chi connectivity index (χ4n) is 2.25. The van der Waals surface area contributed by atoms with E-state index in [1.54, 1.807) is 11.0 Å². The van der Waals surface area contributed by atoms with Gasteiger partial charge in [0.05, 0.1) is 6.61 Å². The quantitative estimate of drug-likeness (QED) is 0.869. The molecule has 1 aromatic carbocycles. The Morgan fingerprint density at radius 2 is 2.05 bits per heavy atom. The largest absolute Gasteiger partial charge is 0.450 e. The van der Waals surface area contributed by atoms with Gasteiger partial charge in [0, 0.05) is 43.4 Å². The lowest BCUT2D eigenvalue weighted by Crippen LogP contribution is -2.48. The van der Waals surface area contributed by atoms with E-state index in [9.17, 15) is 4.79 Å². The van der Waals surface area contributed by atoms with Crippen molar-refractivity contribution in [3.05, 3.63) is 28.8 Å². The predicted octanol–water partition coefficient (Wildman–Crippen LogP) is 2.20. The summed E-state index contributed by atoms with van der Waals surface area (Å²) < 4.78 is 5.00. The van der Waals surface area contributed by atoms with E-state index in [1.807, 2.05) is 19.1 Å². The second-order valence-corrected chi connectivity index (χ2v) is 5.24. The Balaban J connectivity index is 1.86. The first kappa shape index (κ1) is 14.9. The highest BCUT2D eigenvalue weighted by Crippen LogP contribution is 2.20. The number of rotatable bonds is 3. The molecule has 1 amide bonds. The molecule has 2 rings (SSSR count). The summed E-state index contributed by atoms with van der Waals surface area (Å²) in [5.74, 6) is 0. The van der Waals surface area contributed by atoms with E-state index in [1.165, 1.54) is 0 Å². The van der Waals surface area contributed by atoms with Crippen molar-refractivity contribution in [2.45, 2.75) is 13.5 Å². The van der Waals surface area contributed by atoms with Crippen LogP contribution >= 0.6 is 11.6 Å². The zero-order valence-corrected chi connectivity index (χ0v) is 12.4. The fourth-order valence-corrected chi connectivity index (χ4v) is 2.43. The van der Waals surface area contributed by atoms with E-state index in [4.69, 9.17) is 22.1 Å². The molecule has 1 fully saturated rings. The average Bonchev–Trinajstić information content (AvgIpc) is 2.43. The Morgan fingerprint density at radius 3 is 2.65 bits per heavy atom. The minimum atomic E-state index is -0.224. The van der Waals surface area contributed by atoms with Crippen LogP contribution < -0.4 is 5.73 Å². The number of carbonyl (C=O) groups excluding carboxylic acids is 1. The van der Waals surface area contributed by atoms with Gasteiger partial charge in [-0.1, -0.05) is 17.7 Å². The Morgan fingerprint density at radius 1 is 1.35 bits per heavy atom. The number of ether oxygens (including phenoxy) is 1. The van der Waals surface area contributed by atoms with E-state index < -0.39 is 0 Å². The zero-order valence-electron chi connectivity index (χ0n) is 11.6. The SMILES string of the molecule is CCOC(=O)N1CCN(Cc2ccc(Cl)cc2N)CC1. The molecule has 20 heavy (non-hydrogen) atoms. The molecule has 1 aliphatic rings. The highest BCUT2D eigenvalue weighted by molar-refractivity contribution is 6.30. The summed E-state index contributed by atoms with van der Waals surface area (Å²) in [4.78, 5) is 15.6. The summed E-state index contributed by atoms with van der Waals surface area (Å²) in [5, 5.41) is 0.651. The van der Waals surface area contributed by atoms with Crippen molar-refractivity contribution in [2.75, 3.05) is 38.5 Å². The number of anilines is 1. The van der Waals surface area contributed by atoms with E-state index in [0.29, 0.717) is 30.4 Å². The number of piperazine rings is 1. The summed E-state index contributed by atoms with van der Waals surface area (Å²) in [7, 11) is 0. The number of nitrogens with two attached hydrogens (primary N) is 1. The number of benzene rings is 1. The van der Waals surface area contributed by atoms with Gasteiger partial charge in [0.2, 0.25) is 0 Å². The Bertz CT molecular complexity index is 473. The molecule has 1 heterocycles. The Hall–Kier alpha value is -1.46. The van der Waals surface area contributed by atoms with Crippen LogP contribution in [0.2, 0.25) is 5.02 Å². The van der Waals surface area contributed by atoms with Gasteiger partial charge < -0.3 is 15.4 Å². The number of nitrogens with zero attached hydrogens (tertiary/aromatic N) is 2. The number of carbonyl (C=O) groups is 1. The van der Waals surface area contributed by atoms with Crippen LogP contribution in [0.5, 0.6) is 0 Å². The molecule has 5 nitrogen and oxygen atoms in total. The van der Waals surface area contributed by atoms with Crippen LogP contribution in [0, 0.1) is 0 Å². The lowest BCUT2D eigenvalue weighted by Gasteiger charge is -2.34. The molecule has 0 bridgehead atoms. The molecule has 1 aromatic rings. The first-order valence-electron chi connectivity index (χ1n) is 6.78. The van der Waals surface area contributed by atoms with Crippen molar-refractivity contribution in [1.29, 1.82) is 0 Å². The van der Waals surface area contributed by atoms with Crippen LogP contribution in [0.4, 0.5) is 10.5 Å². The number of halogens is 1. The molecule has 6 heteroatoms. The average molecular weight is 298 g/mol. The molecule has 0 aromatic heterocycles. The first-order chi connectivity index (χ1) is 9.60. The molecule has 0 radical (unpaired) electrons. The van der Waals surface area contributed by atoms with Gasteiger partial charge in [-0.2, -0.15) is 0 Å². The van der Waals surface area contributed by atoms with Crippen LogP contribution in [0.25, 0.3) is 0 Å². The van der Waals surface area contributed by atoms with Crippen molar-refractivity contribution in [2.24, 2.45) is 0 Å². The predicted molar refractivity (Wildman–Crippen MR) is 79.7 cm³/mol. The molecule has 110 valence electrons. The molecule has 1 aliphatic heterocycles. The summed E-state index contributed by atoms with van der Waals surface area (Å²) in [6.07, 6.45) is -0.224. The smallest absolute Gasteiger partial charge is 0.409 e. The second kappa shape index (κ2) is 6.81. The number of nitrogen functional groups attached to an aromatic ring is 1. The maximum absolute atomic E-state index is 11.6. The summed E-state index contributed by atoms with van der Waals surface area (Å²) in [5.41, 5.74) is 7.74. The maximum atomic E-state index is 11.6. The monoisotopic (exact) mass is 297 g/mol. The normalized spacial score (nSPS) is 16.2. The lowest BCUT2D eigenvalue weighted by atomic mass is 10.1. The summed E-state index contributed by atoms with van der Waals surface area (Å²) in [6.45, 7) is 6.03. The van der Waals surface area contributed by atoms with Gasteiger partial charge in [-0.15, -0.1) is 0 Å². The number of hydrogen-bond acceptors (Lipinski definition) is 4. The van der Waals surface area contributed by atoms with Crippen molar-refractivity contribution in [3.63, 3.8) is 0 Å². The maximum Gasteiger partial charge on any atom is 0.409 e. The van der Waals surface area contributed by atoms with E-state index in [0.717, 1.165) is 25.2 Å². The van der Waals surface area contributed by atoms with Crippen molar-refractivity contribution in [1.82, 2.24) is 9.80 Å². The van der Waals surface area contributed by atoms with Gasteiger partial charge in [0.15, 0.2) is 0 Å². The molecule has 0 atom stereocenters. The van der Waals surface area contributed by atoms with Crippen molar-refractivity contribution >= 4 is 23.4 Å². The summed E-state index contributed by atoms with van der Waals surface area (Å²) in [6, 6.07) is 5.57. The zero-order chi connectivity index (χ0) is 14.5. The third-order valence-corrected chi connectivity index (χ3v) is 3.64. The van der Waals surface area contributed by atoms with Crippen molar-refractivity contribution in [3.8, 4) is 0 Å². The van der Waals surface area contributed by atoms with Gasteiger partial charge >= 0.3 is 6.09 Å². The third kappa shape index (κ3) is 3.77. The fraction of sp³-hybridized carbons (Fsp3) is 0.500. The minimum Gasteiger partial charge on any atom is -0.450 e. The lowest BCUT2D eigenvalue weighted by molar-refractivity contribution is 0.0779. The highest BCUT2D eigenvalue weighted by atomic mass is 35.5. The molecule has 2 N–H and O–H groups in total. The van der Waals surface area contributed by atoms with E-state index in [-0.39, 0.29) is 6.09 Å². The molecule has 0 saturated carbocycles. The minimum absolute atomic E-state index is 0.224.